The Morgan fingerprint density at radius 1 is 1.13 bits per heavy atom. The molecule has 2 aliphatic rings. The first-order valence-corrected chi connectivity index (χ1v) is 16.4. The summed E-state index contributed by atoms with van der Waals surface area (Å²) in [6, 6.07) is 11.8. The SMILES string of the molecule is CCCCNC(=O)N(CCC)N1CC(=O)N2[C@@H](Cc3ccc(OCC(=O)OC)cc3)C(=O)N(Cc3cccc4sc(N)nc34)C[C@@H]21. The van der Waals surface area contributed by atoms with E-state index >= 15 is 0 Å². The van der Waals surface area contributed by atoms with Gasteiger partial charge >= 0.3 is 12.0 Å². The number of hydrogen-bond acceptors (Lipinski definition) is 10. The van der Waals surface area contributed by atoms with Gasteiger partial charge in [-0.05, 0) is 42.2 Å². The topological polar surface area (TPSA) is 151 Å². The van der Waals surface area contributed by atoms with E-state index in [2.05, 4.69) is 22.0 Å². The van der Waals surface area contributed by atoms with Crippen molar-refractivity contribution < 1.29 is 28.7 Å². The summed E-state index contributed by atoms with van der Waals surface area (Å²) in [6.07, 6.45) is 2.21. The Morgan fingerprint density at radius 3 is 2.63 bits per heavy atom. The van der Waals surface area contributed by atoms with E-state index in [4.69, 9.17) is 10.5 Å². The molecule has 1 aromatic heterocycles. The van der Waals surface area contributed by atoms with Crippen LogP contribution in [0.4, 0.5) is 9.93 Å². The average Bonchev–Trinajstić information content (AvgIpc) is 3.60. The molecule has 3 heterocycles. The van der Waals surface area contributed by atoms with E-state index in [0.717, 1.165) is 34.2 Å². The minimum absolute atomic E-state index is 0.0119. The third-order valence-electron chi connectivity index (χ3n) is 8.17. The van der Waals surface area contributed by atoms with Gasteiger partial charge in [0.2, 0.25) is 11.8 Å². The number of nitrogen functional groups attached to an aromatic ring is 1. The number of nitrogens with zero attached hydrogens (tertiary/aromatic N) is 5. The lowest BCUT2D eigenvalue weighted by molar-refractivity contribution is -0.157. The fourth-order valence-corrected chi connectivity index (χ4v) is 6.70. The number of piperazine rings is 1. The van der Waals surface area contributed by atoms with Crippen LogP contribution in [0, 0.1) is 0 Å². The third kappa shape index (κ3) is 7.18. The first-order valence-electron chi connectivity index (χ1n) is 15.6. The lowest BCUT2D eigenvalue weighted by Crippen LogP contribution is -2.66. The van der Waals surface area contributed by atoms with E-state index in [1.165, 1.54) is 18.4 Å². The Balaban J connectivity index is 1.45. The van der Waals surface area contributed by atoms with Crippen molar-refractivity contribution in [3.05, 3.63) is 53.6 Å². The van der Waals surface area contributed by atoms with E-state index in [-0.39, 0.29) is 50.5 Å². The van der Waals surface area contributed by atoms with Crippen molar-refractivity contribution in [2.45, 2.75) is 58.3 Å². The number of rotatable bonds is 13. The minimum Gasteiger partial charge on any atom is -0.482 e. The number of anilines is 1. The number of urea groups is 1. The van der Waals surface area contributed by atoms with Crippen LogP contribution in [0.25, 0.3) is 10.2 Å². The Morgan fingerprint density at radius 2 is 1.91 bits per heavy atom. The predicted molar refractivity (Wildman–Crippen MR) is 174 cm³/mol. The number of hydrazine groups is 1. The molecule has 0 radical (unpaired) electrons. The number of amides is 4. The summed E-state index contributed by atoms with van der Waals surface area (Å²) in [7, 11) is 1.29. The van der Waals surface area contributed by atoms with Crippen LogP contribution in [0.1, 0.15) is 44.2 Å². The molecule has 3 aromatic rings. The molecule has 246 valence electrons. The largest absolute Gasteiger partial charge is 0.482 e. The summed E-state index contributed by atoms with van der Waals surface area (Å²) >= 11 is 1.39. The maximum Gasteiger partial charge on any atom is 0.343 e. The molecule has 46 heavy (non-hydrogen) atoms. The number of unbranched alkanes of at least 4 members (excludes halogenated alkanes) is 1. The molecule has 4 amide bonds. The average molecular weight is 652 g/mol. The second-order valence-electron chi connectivity index (χ2n) is 11.4. The summed E-state index contributed by atoms with van der Waals surface area (Å²) in [5.74, 6) is -0.413. The zero-order valence-corrected chi connectivity index (χ0v) is 27.3. The summed E-state index contributed by atoms with van der Waals surface area (Å²) in [4.78, 5) is 60.7. The maximum absolute atomic E-state index is 14.3. The minimum atomic E-state index is -0.801. The van der Waals surface area contributed by atoms with Crippen molar-refractivity contribution in [3.8, 4) is 5.75 Å². The fourth-order valence-electron chi connectivity index (χ4n) is 5.91. The molecule has 2 atom stereocenters. The van der Waals surface area contributed by atoms with E-state index in [1.807, 2.05) is 42.3 Å². The monoisotopic (exact) mass is 651 g/mol. The lowest BCUT2D eigenvalue weighted by atomic mass is 9.99. The normalized spacial score (nSPS) is 18.2. The standard InChI is InChI=1S/C32H41N7O6S/c1-4-6-14-34-32(43)37(15-5-2)38-19-27(40)39-24(16-21-10-12-23(13-11-21)45-20-28(41)44-3)30(42)36(18-26(38)39)17-22-8-7-9-25-29(22)35-31(33)46-25/h7-13,24,26H,4-6,14-20H2,1-3H3,(H2,33,35)(H,34,43)/t24-,26+/m0/s1. The molecule has 2 fully saturated rings. The van der Waals surface area contributed by atoms with Gasteiger partial charge in [-0.2, -0.15) is 5.01 Å². The third-order valence-corrected chi connectivity index (χ3v) is 9.02. The number of hydrogen-bond donors (Lipinski definition) is 2. The number of carbonyl (C=O) groups excluding carboxylic acids is 4. The quantitative estimate of drug-likeness (QED) is 0.210. The highest BCUT2D eigenvalue weighted by atomic mass is 32.1. The molecule has 5 rings (SSSR count). The first kappa shape index (κ1) is 32.9. The molecule has 2 saturated heterocycles. The van der Waals surface area contributed by atoms with E-state index in [0.29, 0.717) is 30.4 Å². The van der Waals surface area contributed by atoms with Gasteiger partial charge in [-0.3, -0.25) is 14.6 Å². The zero-order chi connectivity index (χ0) is 32.8. The van der Waals surface area contributed by atoms with Crippen molar-refractivity contribution in [3.63, 3.8) is 0 Å². The van der Waals surface area contributed by atoms with Gasteiger partial charge in [0.15, 0.2) is 11.7 Å². The van der Waals surface area contributed by atoms with Crippen molar-refractivity contribution in [1.82, 2.24) is 30.1 Å². The number of methoxy groups -OCH3 is 1. The van der Waals surface area contributed by atoms with Gasteiger partial charge in [0.25, 0.3) is 0 Å². The van der Waals surface area contributed by atoms with Crippen LogP contribution < -0.4 is 15.8 Å². The van der Waals surface area contributed by atoms with Gasteiger partial charge in [0.05, 0.1) is 30.4 Å². The number of para-hydroxylation sites is 1. The molecule has 0 bridgehead atoms. The number of esters is 1. The molecule has 0 unspecified atom stereocenters. The second-order valence-corrected chi connectivity index (χ2v) is 12.4. The van der Waals surface area contributed by atoms with Crippen molar-refractivity contribution >= 4 is 50.5 Å². The number of thiazole rings is 1. The Kier molecular flexibility index (Phi) is 10.6. The van der Waals surface area contributed by atoms with Crippen LogP contribution in [-0.2, 0) is 32.1 Å². The highest BCUT2D eigenvalue weighted by molar-refractivity contribution is 7.22. The van der Waals surface area contributed by atoms with Gasteiger partial charge < -0.3 is 30.3 Å². The van der Waals surface area contributed by atoms with Crippen LogP contribution in [0.3, 0.4) is 0 Å². The Hall–Kier alpha value is -4.43. The summed E-state index contributed by atoms with van der Waals surface area (Å²) < 4.78 is 11.0. The number of ether oxygens (including phenoxy) is 2. The molecule has 0 aliphatic carbocycles. The molecule has 13 nitrogen and oxygen atoms in total. The highest BCUT2D eigenvalue weighted by Gasteiger charge is 2.52. The number of aromatic nitrogens is 1. The first-order chi connectivity index (χ1) is 22.2. The van der Waals surface area contributed by atoms with Crippen molar-refractivity contribution in [1.29, 1.82) is 0 Å². The van der Waals surface area contributed by atoms with Crippen molar-refractivity contribution in [2.75, 3.05) is 45.6 Å². The smallest absolute Gasteiger partial charge is 0.343 e. The highest BCUT2D eigenvalue weighted by Crippen LogP contribution is 2.32. The fraction of sp³-hybridized carbons (Fsp3) is 0.469. The molecule has 0 saturated carbocycles. The van der Waals surface area contributed by atoms with E-state index < -0.39 is 18.2 Å². The van der Waals surface area contributed by atoms with E-state index in [9.17, 15) is 19.2 Å². The zero-order valence-electron chi connectivity index (χ0n) is 26.4. The van der Waals surface area contributed by atoms with Gasteiger partial charge in [-0.15, -0.1) is 0 Å². The van der Waals surface area contributed by atoms with Crippen LogP contribution in [0.5, 0.6) is 5.75 Å². The number of nitrogens with two attached hydrogens (primary N) is 1. The molecule has 14 heteroatoms. The Bertz CT molecular complexity index is 1560. The van der Waals surface area contributed by atoms with Crippen molar-refractivity contribution in [2.24, 2.45) is 0 Å². The van der Waals surface area contributed by atoms with Gasteiger partial charge in [0.1, 0.15) is 18.0 Å². The number of benzene rings is 2. The van der Waals surface area contributed by atoms with Gasteiger partial charge in [-0.25, -0.2) is 14.6 Å². The summed E-state index contributed by atoms with van der Waals surface area (Å²) in [6.45, 7) is 5.28. The number of nitrogens with one attached hydrogen (secondary N) is 1. The summed E-state index contributed by atoms with van der Waals surface area (Å²) in [5, 5.41) is 6.88. The van der Waals surface area contributed by atoms with Crippen LogP contribution in [0.2, 0.25) is 0 Å². The molecular weight excluding hydrogens is 610 g/mol. The summed E-state index contributed by atoms with van der Waals surface area (Å²) in [5.41, 5.74) is 8.44. The molecule has 2 aliphatic heterocycles. The predicted octanol–water partition coefficient (Wildman–Crippen LogP) is 2.99. The van der Waals surface area contributed by atoms with Gasteiger partial charge in [-0.1, -0.05) is 55.9 Å². The maximum atomic E-state index is 14.3. The van der Waals surface area contributed by atoms with Gasteiger partial charge in [0, 0.05) is 26.1 Å². The molecule has 0 spiro atoms. The van der Waals surface area contributed by atoms with E-state index in [1.54, 1.807) is 26.9 Å². The molecular formula is C32H41N7O6S. The van der Waals surface area contributed by atoms with Crippen LogP contribution >= 0.6 is 11.3 Å². The second kappa shape index (κ2) is 14.8. The Labute approximate surface area is 272 Å². The molecule has 3 N–H and O–H groups in total. The molecule has 2 aromatic carbocycles. The lowest BCUT2D eigenvalue weighted by Gasteiger charge is -2.46. The van der Waals surface area contributed by atoms with Crippen LogP contribution in [0.15, 0.2) is 42.5 Å². The van der Waals surface area contributed by atoms with Crippen LogP contribution in [-0.4, -0.2) is 101 Å². The number of fused-ring (bicyclic) bond motifs is 2. The number of carbonyl (C=O) groups is 4.